The van der Waals surface area contributed by atoms with E-state index in [0.29, 0.717) is 24.5 Å². The topological polar surface area (TPSA) is 120 Å². The molecule has 3 aromatic rings. The van der Waals surface area contributed by atoms with Gasteiger partial charge in [0, 0.05) is 23.3 Å². The molecule has 1 unspecified atom stereocenters. The summed E-state index contributed by atoms with van der Waals surface area (Å²) in [5.41, 5.74) is 1.80. The number of hydrogen-bond donors (Lipinski definition) is 3. The fourth-order valence-corrected chi connectivity index (χ4v) is 4.80. The Morgan fingerprint density at radius 1 is 1.12 bits per heavy atom. The van der Waals surface area contributed by atoms with Crippen molar-refractivity contribution in [3.63, 3.8) is 0 Å². The van der Waals surface area contributed by atoms with Crippen molar-refractivity contribution in [2.75, 3.05) is 23.7 Å². The number of amides is 2. The number of carboxylic acids is 1. The highest BCUT2D eigenvalue weighted by molar-refractivity contribution is 7.13. The lowest BCUT2D eigenvalue weighted by Crippen LogP contribution is -2.39. The molecular weight excluding hydrogens is 476 g/mol. The molecule has 4 heterocycles. The molecule has 180 valence electrons. The lowest BCUT2D eigenvalue weighted by molar-refractivity contribution is -0.143. The maximum absolute atomic E-state index is 12.5. The summed E-state index contributed by atoms with van der Waals surface area (Å²) in [7, 11) is 0. The third-order valence-electron chi connectivity index (χ3n) is 5.73. The number of thiazole rings is 1. The molecule has 1 saturated heterocycles. The first-order valence-corrected chi connectivity index (χ1v) is 11.8. The van der Waals surface area contributed by atoms with Crippen molar-refractivity contribution in [1.29, 1.82) is 0 Å². The predicted octanol–water partition coefficient (Wildman–Crippen LogP) is 4.91. The van der Waals surface area contributed by atoms with Gasteiger partial charge in [-0.3, -0.25) is 25.3 Å². The summed E-state index contributed by atoms with van der Waals surface area (Å²) in [5.74, 6) is -0.0686. The van der Waals surface area contributed by atoms with Gasteiger partial charge < -0.3 is 5.11 Å². The summed E-state index contributed by atoms with van der Waals surface area (Å²) >= 11 is 1.44. The molecule has 1 fully saturated rings. The number of carboxylic acid groups (broad SMARTS) is 1. The van der Waals surface area contributed by atoms with Crippen molar-refractivity contribution in [2.45, 2.75) is 32.2 Å². The van der Waals surface area contributed by atoms with Crippen LogP contribution in [0.25, 0.3) is 10.6 Å². The molecule has 0 saturated carbocycles. The van der Waals surface area contributed by atoms with E-state index in [9.17, 15) is 14.7 Å². The summed E-state index contributed by atoms with van der Waals surface area (Å²) in [6.07, 6.45) is 5.53. The molecule has 11 heteroatoms. The van der Waals surface area contributed by atoms with E-state index in [1.807, 2.05) is 24.3 Å². The van der Waals surface area contributed by atoms with E-state index >= 15 is 0 Å². The van der Waals surface area contributed by atoms with Gasteiger partial charge in [-0.25, -0.2) is 14.8 Å². The Hall–Kier alpha value is -3.08. The minimum atomic E-state index is -0.717. The Kier molecular flexibility index (Phi) is 8.91. The van der Waals surface area contributed by atoms with Crippen molar-refractivity contribution in [1.82, 2.24) is 19.9 Å². The second-order valence-electron chi connectivity index (χ2n) is 7.87. The highest BCUT2D eigenvalue weighted by atomic mass is 35.5. The largest absolute Gasteiger partial charge is 0.481 e. The minimum Gasteiger partial charge on any atom is -0.481 e. The van der Waals surface area contributed by atoms with Crippen LogP contribution in [0.2, 0.25) is 0 Å². The first-order chi connectivity index (χ1) is 16.0. The summed E-state index contributed by atoms with van der Waals surface area (Å²) in [6, 6.07) is 8.96. The van der Waals surface area contributed by atoms with E-state index in [0.717, 1.165) is 35.8 Å². The van der Waals surface area contributed by atoms with E-state index < -0.39 is 12.0 Å². The molecular formula is C23H27ClN6O3S. The second kappa shape index (κ2) is 11.9. The first-order valence-electron chi connectivity index (χ1n) is 10.9. The lowest BCUT2D eigenvalue weighted by Gasteiger charge is -2.35. The van der Waals surface area contributed by atoms with Gasteiger partial charge in [0.05, 0.1) is 17.7 Å². The van der Waals surface area contributed by atoms with Crippen molar-refractivity contribution < 1.29 is 14.7 Å². The lowest BCUT2D eigenvalue weighted by atomic mass is 9.95. The summed E-state index contributed by atoms with van der Waals surface area (Å²) in [6.45, 7) is 3.53. The molecule has 1 aliphatic rings. The van der Waals surface area contributed by atoms with E-state index in [4.69, 9.17) is 0 Å². The van der Waals surface area contributed by atoms with Crippen LogP contribution in [0, 0.1) is 5.92 Å². The Bertz CT molecular complexity index is 1100. The average molecular weight is 503 g/mol. The molecule has 1 atom stereocenters. The number of likely N-dealkylation sites (tertiary alicyclic amines) is 1. The normalized spacial score (nSPS) is 15.2. The third-order valence-corrected chi connectivity index (χ3v) is 6.62. The van der Waals surface area contributed by atoms with Gasteiger partial charge in [-0.05, 0) is 56.6 Å². The molecule has 0 bridgehead atoms. The third kappa shape index (κ3) is 6.28. The van der Waals surface area contributed by atoms with Crippen LogP contribution >= 0.6 is 23.7 Å². The highest BCUT2D eigenvalue weighted by Crippen LogP contribution is 2.29. The van der Waals surface area contributed by atoms with Crippen molar-refractivity contribution in [3.05, 3.63) is 53.8 Å². The van der Waals surface area contributed by atoms with Gasteiger partial charge in [0.1, 0.15) is 16.6 Å². The molecule has 2 amide bonds. The Labute approximate surface area is 208 Å². The number of piperidine rings is 1. The van der Waals surface area contributed by atoms with Gasteiger partial charge in [0.15, 0.2) is 0 Å². The van der Waals surface area contributed by atoms with Gasteiger partial charge >= 0.3 is 12.0 Å². The van der Waals surface area contributed by atoms with E-state index in [2.05, 4.69) is 37.4 Å². The number of aliphatic carboxylic acids is 1. The zero-order valence-electron chi connectivity index (χ0n) is 18.7. The fourth-order valence-electron chi connectivity index (χ4n) is 4.04. The maximum atomic E-state index is 12.5. The molecule has 3 aromatic heterocycles. The van der Waals surface area contributed by atoms with Crippen molar-refractivity contribution in [3.8, 4) is 10.6 Å². The number of carbonyl (C=O) groups excluding carboxylic acids is 1. The van der Waals surface area contributed by atoms with Gasteiger partial charge in [-0.2, -0.15) is 0 Å². The Morgan fingerprint density at radius 2 is 1.82 bits per heavy atom. The van der Waals surface area contributed by atoms with Crippen LogP contribution in [0.15, 0.2) is 48.1 Å². The van der Waals surface area contributed by atoms with E-state index in [1.54, 1.807) is 23.8 Å². The summed E-state index contributed by atoms with van der Waals surface area (Å²) < 4.78 is 0. The fraction of sp³-hybridized carbons (Fsp3) is 0.348. The number of urea groups is 1. The van der Waals surface area contributed by atoms with Gasteiger partial charge in [-0.15, -0.1) is 23.7 Å². The molecule has 4 rings (SSSR count). The molecule has 34 heavy (non-hydrogen) atoms. The number of anilines is 2. The molecule has 1 aliphatic heterocycles. The minimum absolute atomic E-state index is 0. The molecule has 0 radical (unpaired) electrons. The number of rotatable bonds is 7. The molecule has 9 nitrogen and oxygen atoms in total. The number of carbonyl (C=O) groups is 2. The van der Waals surface area contributed by atoms with Crippen LogP contribution in [0.1, 0.15) is 37.9 Å². The van der Waals surface area contributed by atoms with E-state index in [-0.39, 0.29) is 24.4 Å². The summed E-state index contributed by atoms with van der Waals surface area (Å²) in [4.78, 5) is 39.1. The first kappa shape index (κ1) is 25.5. The quantitative estimate of drug-likeness (QED) is 0.419. The van der Waals surface area contributed by atoms with Gasteiger partial charge in [0.2, 0.25) is 0 Å². The molecule has 0 spiro atoms. The van der Waals surface area contributed by atoms with Crippen LogP contribution < -0.4 is 10.6 Å². The number of pyridine rings is 2. The Balaban J connectivity index is 0.00000324. The highest BCUT2D eigenvalue weighted by Gasteiger charge is 2.29. The predicted molar refractivity (Wildman–Crippen MR) is 134 cm³/mol. The van der Waals surface area contributed by atoms with Crippen molar-refractivity contribution >= 4 is 47.4 Å². The monoisotopic (exact) mass is 502 g/mol. The van der Waals surface area contributed by atoms with Gasteiger partial charge in [-0.1, -0.05) is 13.0 Å². The standard InChI is InChI=1S/C23H26N6O3S.ClH/c1-2-18(29-12-8-16(9-13-29)22(30)31)17-4-3-5-19(25-17)27-23(32)28-20-14-33-21(26-20)15-6-10-24-11-7-15;/h3-7,10-11,14,16,18H,2,8-9,12-13H2,1H3,(H,30,31)(H2,25,27,28,32);1H. The number of halogens is 1. The smallest absolute Gasteiger partial charge is 0.326 e. The second-order valence-corrected chi connectivity index (χ2v) is 8.73. The maximum Gasteiger partial charge on any atom is 0.326 e. The van der Waals surface area contributed by atoms with E-state index in [1.165, 1.54) is 11.3 Å². The van der Waals surface area contributed by atoms with Crippen molar-refractivity contribution in [2.24, 2.45) is 5.92 Å². The summed E-state index contributed by atoms with van der Waals surface area (Å²) in [5, 5.41) is 17.4. The number of aromatic nitrogens is 3. The molecule has 3 N–H and O–H groups in total. The average Bonchev–Trinajstić information content (AvgIpc) is 3.29. The van der Waals surface area contributed by atoms with Crippen LogP contribution in [0.3, 0.4) is 0 Å². The zero-order chi connectivity index (χ0) is 23.2. The molecule has 0 aliphatic carbocycles. The number of nitrogens with one attached hydrogen (secondary N) is 2. The van der Waals surface area contributed by atoms with Crippen LogP contribution in [-0.4, -0.2) is 50.0 Å². The van der Waals surface area contributed by atoms with Crippen LogP contribution in [0.5, 0.6) is 0 Å². The Morgan fingerprint density at radius 3 is 2.50 bits per heavy atom. The van der Waals surface area contributed by atoms with Crippen LogP contribution in [0.4, 0.5) is 16.4 Å². The number of nitrogens with zero attached hydrogens (tertiary/aromatic N) is 4. The molecule has 0 aromatic carbocycles. The number of hydrogen-bond acceptors (Lipinski definition) is 7. The SMILES string of the molecule is CCC(c1cccc(NC(=O)Nc2csc(-c3ccncc3)n2)n1)N1CCC(C(=O)O)CC1.Cl. The van der Waals surface area contributed by atoms with Gasteiger partial charge in [0.25, 0.3) is 0 Å². The zero-order valence-corrected chi connectivity index (χ0v) is 20.3. The van der Waals surface area contributed by atoms with Crippen LogP contribution in [-0.2, 0) is 4.79 Å².